The molecule has 0 saturated heterocycles. The van der Waals surface area contributed by atoms with Gasteiger partial charge in [-0.05, 0) is 37.2 Å². The normalized spacial score (nSPS) is 26.6. The van der Waals surface area contributed by atoms with Gasteiger partial charge in [0.15, 0.2) is 0 Å². The molecule has 1 aromatic rings. The van der Waals surface area contributed by atoms with Crippen LogP contribution in [-0.2, 0) is 6.54 Å². The van der Waals surface area contributed by atoms with Crippen LogP contribution in [0.25, 0.3) is 0 Å². The lowest BCUT2D eigenvalue weighted by molar-refractivity contribution is 0.200. The summed E-state index contributed by atoms with van der Waals surface area (Å²) in [5, 5.41) is 8.38. The summed E-state index contributed by atoms with van der Waals surface area (Å²) in [7, 11) is 0. The predicted octanol–water partition coefficient (Wildman–Crippen LogP) is 4.19. The Labute approximate surface area is 116 Å². The van der Waals surface area contributed by atoms with Gasteiger partial charge in [-0.3, -0.25) is 5.41 Å². The van der Waals surface area contributed by atoms with Crippen LogP contribution in [0.5, 0.6) is 0 Å². The number of nitrogens with one attached hydrogen (secondary N) is 1. The van der Waals surface area contributed by atoms with E-state index < -0.39 is 0 Å². The van der Waals surface area contributed by atoms with Crippen molar-refractivity contribution in [2.45, 2.75) is 58.0 Å². The van der Waals surface area contributed by atoms with E-state index in [0.717, 1.165) is 23.9 Å². The number of benzene rings is 1. The van der Waals surface area contributed by atoms with E-state index in [1.54, 1.807) is 0 Å². The Morgan fingerprint density at radius 2 is 1.89 bits per heavy atom. The Morgan fingerprint density at radius 1 is 1.16 bits per heavy atom. The van der Waals surface area contributed by atoms with Gasteiger partial charge in [0.2, 0.25) is 0 Å². The van der Waals surface area contributed by atoms with Gasteiger partial charge in [-0.25, -0.2) is 0 Å². The number of nitrogens with zero attached hydrogens (tertiary/aromatic N) is 1. The number of fused-ring (bicyclic) bond motifs is 1. The minimum atomic E-state index is 0.605. The standard InChI is InChI=1S/C17H24N2/c1-2-5-13-8-10-15(11-9-13)19-12-14-6-3-4-7-16(14)17(19)18/h3-4,6-7,13,15,18H,2,5,8-12H2,1H3. The Morgan fingerprint density at radius 3 is 2.58 bits per heavy atom. The first-order chi connectivity index (χ1) is 9.29. The van der Waals surface area contributed by atoms with Gasteiger partial charge < -0.3 is 4.90 Å². The zero-order valence-corrected chi connectivity index (χ0v) is 11.9. The molecule has 1 heterocycles. The van der Waals surface area contributed by atoms with Crippen molar-refractivity contribution in [3.63, 3.8) is 0 Å². The second-order valence-corrected chi connectivity index (χ2v) is 6.10. The molecule has 1 fully saturated rings. The maximum Gasteiger partial charge on any atom is 0.128 e. The predicted molar refractivity (Wildman–Crippen MR) is 79.5 cm³/mol. The van der Waals surface area contributed by atoms with E-state index in [-0.39, 0.29) is 0 Å². The lowest BCUT2D eigenvalue weighted by atomic mass is 9.83. The lowest BCUT2D eigenvalue weighted by Gasteiger charge is -2.35. The topological polar surface area (TPSA) is 27.1 Å². The van der Waals surface area contributed by atoms with E-state index in [1.165, 1.54) is 44.1 Å². The molecule has 1 aliphatic carbocycles. The molecular formula is C17H24N2. The Bertz CT molecular complexity index is 458. The van der Waals surface area contributed by atoms with Gasteiger partial charge in [0, 0.05) is 18.2 Å². The van der Waals surface area contributed by atoms with Crippen LogP contribution in [0.4, 0.5) is 0 Å². The third-order valence-electron chi connectivity index (χ3n) is 4.85. The van der Waals surface area contributed by atoms with Crippen LogP contribution in [0.2, 0.25) is 0 Å². The first-order valence-electron chi connectivity index (χ1n) is 7.73. The second kappa shape index (κ2) is 5.36. The molecule has 0 amide bonds. The zero-order valence-electron chi connectivity index (χ0n) is 11.9. The quantitative estimate of drug-likeness (QED) is 0.862. The average molecular weight is 256 g/mol. The fourth-order valence-electron chi connectivity index (χ4n) is 3.77. The fourth-order valence-corrected chi connectivity index (χ4v) is 3.77. The van der Waals surface area contributed by atoms with Crippen LogP contribution >= 0.6 is 0 Å². The van der Waals surface area contributed by atoms with Gasteiger partial charge >= 0.3 is 0 Å². The molecule has 0 spiro atoms. The molecule has 1 N–H and O–H groups in total. The molecule has 1 saturated carbocycles. The van der Waals surface area contributed by atoms with E-state index in [4.69, 9.17) is 5.41 Å². The van der Waals surface area contributed by atoms with Crippen LogP contribution in [-0.4, -0.2) is 16.8 Å². The Balaban J connectivity index is 1.65. The monoisotopic (exact) mass is 256 g/mol. The SMILES string of the molecule is CCCC1CCC(N2Cc3ccccc3C2=N)CC1. The van der Waals surface area contributed by atoms with E-state index >= 15 is 0 Å². The number of amidine groups is 1. The van der Waals surface area contributed by atoms with E-state index in [1.807, 2.05) is 0 Å². The van der Waals surface area contributed by atoms with Crippen molar-refractivity contribution in [1.29, 1.82) is 5.41 Å². The van der Waals surface area contributed by atoms with Crippen molar-refractivity contribution < 1.29 is 0 Å². The molecule has 0 unspecified atom stereocenters. The zero-order chi connectivity index (χ0) is 13.2. The van der Waals surface area contributed by atoms with Crippen LogP contribution in [0.3, 0.4) is 0 Å². The van der Waals surface area contributed by atoms with E-state index in [9.17, 15) is 0 Å². The highest BCUT2D eigenvalue weighted by Crippen LogP contribution is 2.34. The molecular weight excluding hydrogens is 232 g/mol. The van der Waals surface area contributed by atoms with Gasteiger partial charge in [0.25, 0.3) is 0 Å². The molecule has 0 atom stereocenters. The third-order valence-corrected chi connectivity index (χ3v) is 4.85. The molecule has 2 heteroatoms. The van der Waals surface area contributed by atoms with Gasteiger partial charge in [-0.2, -0.15) is 0 Å². The molecule has 0 bridgehead atoms. The van der Waals surface area contributed by atoms with Gasteiger partial charge in [-0.15, -0.1) is 0 Å². The summed E-state index contributed by atoms with van der Waals surface area (Å²) in [6.07, 6.45) is 7.99. The number of rotatable bonds is 3. The Kier molecular flexibility index (Phi) is 3.58. The number of hydrogen-bond acceptors (Lipinski definition) is 1. The molecule has 0 aromatic heterocycles. The summed E-state index contributed by atoms with van der Waals surface area (Å²) in [5.41, 5.74) is 2.49. The number of hydrogen-bond donors (Lipinski definition) is 1. The highest BCUT2D eigenvalue weighted by molar-refractivity contribution is 6.00. The van der Waals surface area contributed by atoms with Crippen molar-refractivity contribution in [2.75, 3.05) is 0 Å². The third kappa shape index (κ3) is 2.41. The van der Waals surface area contributed by atoms with Crippen LogP contribution < -0.4 is 0 Å². The summed E-state index contributed by atoms with van der Waals surface area (Å²) >= 11 is 0. The first-order valence-corrected chi connectivity index (χ1v) is 7.73. The highest BCUT2D eigenvalue weighted by Gasteiger charge is 2.32. The molecule has 2 nitrogen and oxygen atoms in total. The van der Waals surface area contributed by atoms with Crippen molar-refractivity contribution in [2.24, 2.45) is 5.92 Å². The van der Waals surface area contributed by atoms with Gasteiger partial charge in [-0.1, -0.05) is 44.0 Å². The molecule has 2 aliphatic rings. The molecule has 19 heavy (non-hydrogen) atoms. The largest absolute Gasteiger partial charge is 0.349 e. The van der Waals surface area contributed by atoms with Crippen LogP contribution in [0.15, 0.2) is 24.3 Å². The fraction of sp³-hybridized carbons (Fsp3) is 0.588. The van der Waals surface area contributed by atoms with E-state index in [0.29, 0.717) is 6.04 Å². The molecule has 0 radical (unpaired) electrons. The molecule has 1 aromatic carbocycles. The summed E-state index contributed by atoms with van der Waals surface area (Å²) in [6, 6.07) is 9.02. The van der Waals surface area contributed by atoms with Gasteiger partial charge in [0.05, 0.1) is 0 Å². The summed E-state index contributed by atoms with van der Waals surface area (Å²) in [4.78, 5) is 2.34. The smallest absolute Gasteiger partial charge is 0.128 e. The molecule has 102 valence electrons. The minimum Gasteiger partial charge on any atom is -0.349 e. The molecule has 3 rings (SSSR count). The first kappa shape index (κ1) is 12.7. The summed E-state index contributed by atoms with van der Waals surface area (Å²) in [5.74, 6) is 1.70. The van der Waals surface area contributed by atoms with Crippen LogP contribution in [0.1, 0.15) is 56.6 Å². The highest BCUT2D eigenvalue weighted by atomic mass is 15.2. The average Bonchev–Trinajstić information content (AvgIpc) is 2.78. The maximum absolute atomic E-state index is 8.38. The van der Waals surface area contributed by atoms with Crippen molar-refractivity contribution in [3.05, 3.63) is 35.4 Å². The lowest BCUT2D eigenvalue weighted by Crippen LogP contribution is -2.38. The second-order valence-electron chi connectivity index (χ2n) is 6.10. The summed E-state index contributed by atoms with van der Waals surface area (Å²) in [6.45, 7) is 3.25. The van der Waals surface area contributed by atoms with Crippen molar-refractivity contribution in [1.82, 2.24) is 4.90 Å². The van der Waals surface area contributed by atoms with Crippen molar-refractivity contribution >= 4 is 5.84 Å². The Hall–Kier alpha value is -1.31. The van der Waals surface area contributed by atoms with Crippen molar-refractivity contribution in [3.8, 4) is 0 Å². The van der Waals surface area contributed by atoms with E-state index in [2.05, 4.69) is 36.1 Å². The van der Waals surface area contributed by atoms with Gasteiger partial charge in [0.1, 0.15) is 5.84 Å². The maximum atomic E-state index is 8.38. The minimum absolute atomic E-state index is 0.605. The molecule has 1 aliphatic heterocycles. The van der Waals surface area contributed by atoms with Crippen LogP contribution in [0, 0.1) is 11.3 Å². The summed E-state index contributed by atoms with van der Waals surface area (Å²) < 4.78 is 0.